The van der Waals surface area contributed by atoms with Crippen LogP contribution in [0.15, 0.2) is 24.3 Å². The van der Waals surface area contributed by atoms with Crippen LogP contribution >= 0.6 is 0 Å². The van der Waals surface area contributed by atoms with Crippen molar-refractivity contribution in [1.82, 2.24) is 15.5 Å². The maximum atomic E-state index is 12.4. The lowest BCUT2D eigenvalue weighted by Gasteiger charge is -2.37. The fraction of sp³-hybridized carbons (Fsp3) is 0.579. The van der Waals surface area contributed by atoms with Crippen LogP contribution in [-0.2, 0) is 11.2 Å². The van der Waals surface area contributed by atoms with Crippen LogP contribution in [-0.4, -0.2) is 55.7 Å². The third-order valence-electron chi connectivity index (χ3n) is 4.83. The van der Waals surface area contributed by atoms with E-state index in [-0.39, 0.29) is 24.1 Å². The number of rotatable bonds is 5. The maximum Gasteiger partial charge on any atom is 0.317 e. The summed E-state index contributed by atoms with van der Waals surface area (Å²) in [6, 6.07) is 7.46. The summed E-state index contributed by atoms with van der Waals surface area (Å²) in [6.45, 7) is 3.91. The van der Waals surface area contributed by atoms with Crippen LogP contribution in [0.1, 0.15) is 35.7 Å². The first-order valence-electron chi connectivity index (χ1n) is 9.06. The van der Waals surface area contributed by atoms with Crippen molar-refractivity contribution >= 4 is 11.9 Å². The third-order valence-corrected chi connectivity index (χ3v) is 4.83. The normalized spacial score (nSPS) is 23.2. The Morgan fingerprint density at radius 2 is 2.08 bits per heavy atom. The highest BCUT2D eigenvalue weighted by Crippen LogP contribution is 2.36. The van der Waals surface area contributed by atoms with Crippen molar-refractivity contribution in [3.8, 4) is 0 Å². The average molecular weight is 345 g/mol. The van der Waals surface area contributed by atoms with Crippen molar-refractivity contribution in [2.75, 3.05) is 26.7 Å². The number of benzene rings is 1. The summed E-state index contributed by atoms with van der Waals surface area (Å²) in [6.07, 6.45) is 3.42. The molecule has 2 fully saturated rings. The van der Waals surface area contributed by atoms with Gasteiger partial charge in [0.2, 0.25) is 0 Å². The molecule has 3 rings (SSSR count). The molecule has 2 atom stereocenters. The largest absolute Gasteiger partial charge is 0.371 e. The minimum atomic E-state index is -0.0979. The van der Waals surface area contributed by atoms with Gasteiger partial charge in [-0.1, -0.05) is 12.1 Å². The SMILES string of the molecule is CNC(=O)c1cccc(CCNC(=O)N2CC(C)OC(C3CC3)C2)c1. The van der Waals surface area contributed by atoms with Gasteiger partial charge in [0.25, 0.3) is 5.91 Å². The Balaban J connectivity index is 1.48. The Bertz CT molecular complexity index is 630. The third kappa shape index (κ3) is 4.72. The quantitative estimate of drug-likeness (QED) is 0.855. The van der Waals surface area contributed by atoms with Gasteiger partial charge in [0.15, 0.2) is 0 Å². The second kappa shape index (κ2) is 7.87. The Labute approximate surface area is 148 Å². The van der Waals surface area contributed by atoms with Crippen LogP contribution in [0.25, 0.3) is 0 Å². The molecule has 0 bridgehead atoms. The lowest BCUT2D eigenvalue weighted by Crippen LogP contribution is -2.53. The van der Waals surface area contributed by atoms with Crippen LogP contribution in [0.2, 0.25) is 0 Å². The molecule has 6 nitrogen and oxygen atoms in total. The van der Waals surface area contributed by atoms with Gasteiger partial charge in [-0.05, 0) is 49.8 Å². The molecule has 2 unspecified atom stereocenters. The van der Waals surface area contributed by atoms with Gasteiger partial charge in [-0.15, -0.1) is 0 Å². The summed E-state index contributed by atoms with van der Waals surface area (Å²) < 4.78 is 5.95. The summed E-state index contributed by atoms with van der Waals surface area (Å²) in [5, 5.41) is 5.62. The van der Waals surface area contributed by atoms with Crippen LogP contribution in [0.5, 0.6) is 0 Å². The molecular formula is C19H27N3O3. The van der Waals surface area contributed by atoms with E-state index in [9.17, 15) is 9.59 Å². The Morgan fingerprint density at radius 1 is 1.28 bits per heavy atom. The summed E-state index contributed by atoms with van der Waals surface area (Å²) in [7, 11) is 1.62. The van der Waals surface area contributed by atoms with Gasteiger partial charge in [0, 0.05) is 32.2 Å². The molecule has 2 N–H and O–H groups in total. The Kier molecular flexibility index (Phi) is 5.58. The molecule has 2 aliphatic rings. The molecule has 1 aliphatic heterocycles. The highest BCUT2D eigenvalue weighted by Gasteiger charge is 2.38. The van der Waals surface area contributed by atoms with E-state index in [1.54, 1.807) is 13.1 Å². The minimum Gasteiger partial charge on any atom is -0.371 e. The number of nitrogens with zero attached hydrogens (tertiary/aromatic N) is 1. The monoisotopic (exact) mass is 345 g/mol. The van der Waals surface area contributed by atoms with Crippen molar-refractivity contribution in [1.29, 1.82) is 0 Å². The van der Waals surface area contributed by atoms with Gasteiger partial charge in [0.05, 0.1) is 12.2 Å². The van der Waals surface area contributed by atoms with Crippen molar-refractivity contribution in [2.45, 2.75) is 38.4 Å². The maximum absolute atomic E-state index is 12.4. The molecular weight excluding hydrogens is 318 g/mol. The first-order valence-corrected chi connectivity index (χ1v) is 9.06. The van der Waals surface area contributed by atoms with Crippen LogP contribution in [0.4, 0.5) is 4.79 Å². The first kappa shape index (κ1) is 17.7. The van der Waals surface area contributed by atoms with E-state index in [1.165, 1.54) is 12.8 Å². The molecule has 0 aromatic heterocycles. The highest BCUT2D eigenvalue weighted by molar-refractivity contribution is 5.94. The van der Waals surface area contributed by atoms with E-state index in [0.29, 0.717) is 37.5 Å². The number of carbonyl (C=O) groups is 2. The molecule has 3 amide bonds. The van der Waals surface area contributed by atoms with E-state index in [4.69, 9.17) is 4.74 Å². The van der Waals surface area contributed by atoms with Gasteiger partial charge in [-0.25, -0.2) is 4.79 Å². The smallest absolute Gasteiger partial charge is 0.317 e. The Hall–Kier alpha value is -2.08. The zero-order valence-electron chi connectivity index (χ0n) is 15.0. The molecule has 1 saturated carbocycles. The zero-order chi connectivity index (χ0) is 17.8. The number of urea groups is 1. The average Bonchev–Trinajstić information content (AvgIpc) is 3.46. The van der Waals surface area contributed by atoms with Crippen molar-refractivity contribution < 1.29 is 14.3 Å². The van der Waals surface area contributed by atoms with Crippen molar-refractivity contribution in [3.63, 3.8) is 0 Å². The molecule has 1 aliphatic carbocycles. The van der Waals surface area contributed by atoms with E-state index >= 15 is 0 Å². The second-order valence-corrected chi connectivity index (χ2v) is 6.99. The van der Waals surface area contributed by atoms with Gasteiger partial charge >= 0.3 is 6.03 Å². The molecule has 1 aromatic rings. The molecule has 136 valence electrons. The standard InChI is InChI=1S/C19H27N3O3/c1-13-11-22(12-17(25-13)15-6-7-15)19(24)21-9-8-14-4-3-5-16(10-14)18(23)20-2/h3-5,10,13,15,17H,6-9,11-12H2,1-2H3,(H,20,23)(H,21,24). The van der Waals surface area contributed by atoms with E-state index in [0.717, 1.165) is 5.56 Å². The molecule has 1 aromatic carbocycles. The van der Waals surface area contributed by atoms with E-state index < -0.39 is 0 Å². The van der Waals surface area contributed by atoms with Crippen LogP contribution < -0.4 is 10.6 Å². The number of ether oxygens (including phenoxy) is 1. The lowest BCUT2D eigenvalue weighted by atomic mass is 10.1. The summed E-state index contributed by atoms with van der Waals surface area (Å²) in [5.74, 6) is 0.532. The molecule has 0 spiro atoms. The van der Waals surface area contributed by atoms with Crippen molar-refractivity contribution in [3.05, 3.63) is 35.4 Å². The fourth-order valence-corrected chi connectivity index (χ4v) is 3.32. The fourth-order valence-electron chi connectivity index (χ4n) is 3.32. The number of hydrogen-bond acceptors (Lipinski definition) is 3. The summed E-state index contributed by atoms with van der Waals surface area (Å²) >= 11 is 0. The molecule has 6 heteroatoms. The molecule has 1 heterocycles. The van der Waals surface area contributed by atoms with Gasteiger partial charge in [-0.3, -0.25) is 4.79 Å². The number of nitrogens with one attached hydrogen (secondary N) is 2. The second-order valence-electron chi connectivity index (χ2n) is 6.99. The van der Waals surface area contributed by atoms with Crippen molar-refractivity contribution in [2.24, 2.45) is 5.92 Å². The summed E-state index contributed by atoms with van der Waals surface area (Å²) in [4.78, 5) is 26.0. The zero-order valence-corrected chi connectivity index (χ0v) is 15.0. The number of carbonyl (C=O) groups excluding carboxylic acids is 2. The van der Waals surface area contributed by atoms with Gasteiger partial charge < -0.3 is 20.3 Å². The predicted molar refractivity (Wildman–Crippen MR) is 95.6 cm³/mol. The number of hydrogen-bond donors (Lipinski definition) is 2. The predicted octanol–water partition coefficient (Wildman–Crippen LogP) is 1.80. The van der Waals surface area contributed by atoms with Crippen LogP contribution in [0.3, 0.4) is 0 Å². The highest BCUT2D eigenvalue weighted by atomic mass is 16.5. The van der Waals surface area contributed by atoms with Gasteiger partial charge in [-0.2, -0.15) is 0 Å². The number of amides is 3. The van der Waals surface area contributed by atoms with Crippen LogP contribution in [0, 0.1) is 5.92 Å². The Morgan fingerprint density at radius 3 is 2.80 bits per heavy atom. The molecule has 0 radical (unpaired) electrons. The van der Waals surface area contributed by atoms with E-state index in [2.05, 4.69) is 10.6 Å². The van der Waals surface area contributed by atoms with E-state index in [1.807, 2.05) is 30.0 Å². The lowest BCUT2D eigenvalue weighted by molar-refractivity contribution is -0.0730. The topological polar surface area (TPSA) is 70.7 Å². The first-order chi connectivity index (χ1) is 12.1. The number of morpholine rings is 1. The molecule has 25 heavy (non-hydrogen) atoms. The minimum absolute atomic E-state index is 0.0248. The molecule has 1 saturated heterocycles. The van der Waals surface area contributed by atoms with Gasteiger partial charge in [0.1, 0.15) is 0 Å². The summed E-state index contributed by atoms with van der Waals surface area (Å²) in [5.41, 5.74) is 1.67.